The largest absolute Gasteiger partial charge is 0.384 e. The van der Waals surface area contributed by atoms with Crippen LogP contribution in [0.4, 0.5) is 0 Å². The third-order valence-corrected chi connectivity index (χ3v) is 4.10. The molecule has 2 unspecified atom stereocenters. The summed E-state index contributed by atoms with van der Waals surface area (Å²) in [6.07, 6.45) is 0.805. The molecular weight excluding hydrogens is 262 g/mol. The number of rotatable bonds is 3. The van der Waals surface area contributed by atoms with Crippen LogP contribution in [0.25, 0.3) is 0 Å². The van der Waals surface area contributed by atoms with Gasteiger partial charge in [-0.15, -0.1) is 11.3 Å². The summed E-state index contributed by atoms with van der Waals surface area (Å²) in [5.74, 6) is 5.48. The maximum Gasteiger partial charge on any atom is 0.226 e. The quantitative estimate of drug-likeness (QED) is 0.816. The SMILES string of the molecule is CC1OCCC1C(=O)NCc1ccc(C#CCO)s1. The van der Waals surface area contributed by atoms with Crippen LogP contribution in [0.15, 0.2) is 12.1 Å². The molecule has 1 aliphatic heterocycles. The fourth-order valence-corrected chi connectivity index (χ4v) is 2.87. The predicted octanol–water partition coefficient (Wildman–Crippen LogP) is 1.13. The van der Waals surface area contributed by atoms with E-state index in [-0.39, 0.29) is 24.5 Å². The van der Waals surface area contributed by atoms with Gasteiger partial charge in [0.1, 0.15) is 6.61 Å². The van der Waals surface area contributed by atoms with Crippen LogP contribution in [0.5, 0.6) is 0 Å². The lowest BCUT2D eigenvalue weighted by molar-refractivity contribution is -0.126. The Kier molecular flexibility index (Phi) is 4.97. The van der Waals surface area contributed by atoms with Crippen LogP contribution in [0.2, 0.25) is 0 Å². The van der Waals surface area contributed by atoms with Crippen molar-refractivity contribution in [2.75, 3.05) is 13.2 Å². The molecule has 0 aliphatic carbocycles. The van der Waals surface area contributed by atoms with Gasteiger partial charge < -0.3 is 15.2 Å². The van der Waals surface area contributed by atoms with Crippen LogP contribution < -0.4 is 5.32 Å². The molecule has 0 aromatic carbocycles. The number of hydrogen-bond acceptors (Lipinski definition) is 4. The normalized spacial score (nSPS) is 21.8. The Morgan fingerprint density at radius 3 is 3.16 bits per heavy atom. The van der Waals surface area contributed by atoms with Crippen molar-refractivity contribution < 1.29 is 14.6 Å². The van der Waals surface area contributed by atoms with Crippen LogP contribution in [0.3, 0.4) is 0 Å². The molecule has 2 N–H and O–H groups in total. The molecule has 5 heteroatoms. The van der Waals surface area contributed by atoms with Crippen LogP contribution in [0, 0.1) is 17.8 Å². The van der Waals surface area contributed by atoms with Gasteiger partial charge >= 0.3 is 0 Å². The highest BCUT2D eigenvalue weighted by Gasteiger charge is 2.30. The van der Waals surface area contributed by atoms with E-state index in [1.165, 1.54) is 11.3 Å². The fourth-order valence-electron chi connectivity index (χ4n) is 2.05. The van der Waals surface area contributed by atoms with Gasteiger partial charge in [0, 0.05) is 11.5 Å². The molecule has 0 radical (unpaired) electrons. The summed E-state index contributed by atoms with van der Waals surface area (Å²) < 4.78 is 5.39. The van der Waals surface area contributed by atoms with Crippen LogP contribution >= 0.6 is 11.3 Å². The number of aliphatic hydroxyl groups is 1. The van der Waals surface area contributed by atoms with Crippen molar-refractivity contribution in [2.24, 2.45) is 5.92 Å². The predicted molar refractivity (Wildman–Crippen MR) is 73.7 cm³/mol. The van der Waals surface area contributed by atoms with E-state index in [0.717, 1.165) is 16.2 Å². The second-order valence-electron chi connectivity index (χ2n) is 4.41. The Labute approximate surface area is 116 Å². The summed E-state index contributed by atoms with van der Waals surface area (Å²) >= 11 is 1.53. The number of nitrogens with one attached hydrogen (secondary N) is 1. The molecule has 4 nitrogen and oxygen atoms in total. The summed E-state index contributed by atoms with van der Waals surface area (Å²) in [6, 6.07) is 3.84. The third kappa shape index (κ3) is 3.80. The summed E-state index contributed by atoms with van der Waals surface area (Å²) in [6.45, 7) is 2.99. The monoisotopic (exact) mass is 279 g/mol. The van der Waals surface area contributed by atoms with Crippen molar-refractivity contribution in [3.05, 3.63) is 21.9 Å². The average molecular weight is 279 g/mol. The minimum Gasteiger partial charge on any atom is -0.384 e. The summed E-state index contributed by atoms with van der Waals surface area (Å²) in [5.41, 5.74) is 0. The zero-order valence-electron chi connectivity index (χ0n) is 10.8. The smallest absolute Gasteiger partial charge is 0.226 e. The Balaban J connectivity index is 1.85. The maximum absolute atomic E-state index is 12.0. The van der Waals surface area contributed by atoms with Gasteiger partial charge in [0.05, 0.1) is 23.4 Å². The molecule has 1 fully saturated rings. The summed E-state index contributed by atoms with van der Waals surface area (Å²) in [7, 11) is 0. The van der Waals surface area contributed by atoms with E-state index in [4.69, 9.17) is 9.84 Å². The first kappa shape index (κ1) is 14.1. The molecule has 1 aromatic rings. The van der Waals surface area contributed by atoms with Gasteiger partial charge in [-0.1, -0.05) is 11.8 Å². The van der Waals surface area contributed by atoms with Crippen LogP contribution in [-0.2, 0) is 16.1 Å². The van der Waals surface area contributed by atoms with Crippen molar-refractivity contribution in [1.82, 2.24) is 5.32 Å². The number of amides is 1. The summed E-state index contributed by atoms with van der Waals surface area (Å²) in [5, 5.41) is 11.6. The number of hydrogen-bond donors (Lipinski definition) is 2. The van der Waals surface area contributed by atoms with Crippen molar-refractivity contribution in [3.63, 3.8) is 0 Å². The number of carbonyl (C=O) groups is 1. The van der Waals surface area contributed by atoms with Gasteiger partial charge in [-0.05, 0) is 25.5 Å². The van der Waals surface area contributed by atoms with E-state index in [1.54, 1.807) is 0 Å². The molecule has 0 bridgehead atoms. The maximum atomic E-state index is 12.0. The first-order valence-corrected chi connectivity index (χ1v) is 7.10. The lowest BCUT2D eigenvalue weighted by Crippen LogP contribution is -2.33. The minimum absolute atomic E-state index is 0.00863. The molecule has 2 atom stereocenters. The first-order valence-electron chi connectivity index (χ1n) is 6.28. The molecule has 102 valence electrons. The third-order valence-electron chi connectivity index (χ3n) is 3.10. The lowest BCUT2D eigenvalue weighted by Gasteiger charge is -2.13. The standard InChI is InChI=1S/C14H17NO3S/c1-10-13(6-8-18-10)14(17)15-9-12-5-4-11(19-12)3-2-7-16/h4-5,10,13,16H,6-9H2,1H3,(H,15,17). The molecule has 2 heterocycles. The number of carbonyl (C=O) groups excluding carboxylic acids is 1. The van der Waals surface area contributed by atoms with Gasteiger partial charge in [-0.25, -0.2) is 0 Å². The van der Waals surface area contributed by atoms with Crippen molar-refractivity contribution in [3.8, 4) is 11.8 Å². The van der Waals surface area contributed by atoms with E-state index < -0.39 is 0 Å². The van der Waals surface area contributed by atoms with Gasteiger partial charge in [0.25, 0.3) is 0 Å². The topological polar surface area (TPSA) is 58.6 Å². The molecule has 1 aliphatic rings. The Morgan fingerprint density at radius 2 is 2.47 bits per heavy atom. The van der Waals surface area contributed by atoms with Gasteiger partial charge in [0.15, 0.2) is 0 Å². The van der Waals surface area contributed by atoms with Gasteiger partial charge in [-0.3, -0.25) is 4.79 Å². The van der Waals surface area contributed by atoms with E-state index in [0.29, 0.717) is 13.2 Å². The number of aliphatic hydroxyl groups excluding tert-OH is 1. The Hall–Kier alpha value is -1.35. The highest BCUT2D eigenvalue weighted by Crippen LogP contribution is 2.21. The highest BCUT2D eigenvalue weighted by molar-refractivity contribution is 7.12. The van der Waals surface area contributed by atoms with Gasteiger partial charge in [-0.2, -0.15) is 0 Å². The van der Waals surface area contributed by atoms with Crippen LogP contribution in [-0.4, -0.2) is 30.3 Å². The molecule has 1 aromatic heterocycles. The molecule has 0 saturated carbocycles. The number of ether oxygens (including phenoxy) is 1. The summed E-state index contributed by atoms with van der Waals surface area (Å²) in [4.78, 5) is 13.9. The van der Waals surface area contributed by atoms with Crippen molar-refractivity contribution in [1.29, 1.82) is 0 Å². The Morgan fingerprint density at radius 1 is 1.63 bits per heavy atom. The molecule has 19 heavy (non-hydrogen) atoms. The molecule has 0 spiro atoms. The molecular formula is C14H17NO3S. The van der Waals surface area contributed by atoms with E-state index in [9.17, 15) is 4.79 Å². The first-order chi connectivity index (χ1) is 9.20. The second kappa shape index (κ2) is 6.71. The lowest BCUT2D eigenvalue weighted by atomic mass is 10.0. The average Bonchev–Trinajstić information content (AvgIpc) is 3.02. The molecule has 2 rings (SSSR count). The van der Waals surface area contributed by atoms with Crippen LogP contribution in [0.1, 0.15) is 23.1 Å². The van der Waals surface area contributed by atoms with E-state index >= 15 is 0 Å². The minimum atomic E-state index is -0.135. The zero-order chi connectivity index (χ0) is 13.7. The second-order valence-corrected chi connectivity index (χ2v) is 5.58. The van der Waals surface area contributed by atoms with Crippen molar-refractivity contribution >= 4 is 17.2 Å². The number of thiophene rings is 1. The highest BCUT2D eigenvalue weighted by atomic mass is 32.1. The zero-order valence-corrected chi connectivity index (χ0v) is 11.6. The molecule has 1 amide bonds. The molecule has 1 saturated heterocycles. The fraction of sp³-hybridized carbons (Fsp3) is 0.500. The van der Waals surface area contributed by atoms with Crippen molar-refractivity contribution in [2.45, 2.75) is 26.0 Å². The van der Waals surface area contributed by atoms with E-state index in [1.807, 2.05) is 19.1 Å². The van der Waals surface area contributed by atoms with E-state index in [2.05, 4.69) is 17.2 Å². The van der Waals surface area contributed by atoms with Gasteiger partial charge in [0.2, 0.25) is 5.91 Å². The Bertz CT molecular complexity index is 500.